The Morgan fingerprint density at radius 1 is 1.12 bits per heavy atom. The quantitative estimate of drug-likeness (QED) is 0.406. The van der Waals surface area contributed by atoms with Crippen LogP contribution in [-0.2, 0) is 4.79 Å². The van der Waals surface area contributed by atoms with Gasteiger partial charge in [0.2, 0.25) is 5.91 Å². The van der Waals surface area contributed by atoms with Gasteiger partial charge in [-0.3, -0.25) is 9.36 Å². The Balaban J connectivity index is 1.56. The molecule has 10 nitrogen and oxygen atoms in total. The Bertz CT molecular complexity index is 1330. The van der Waals surface area contributed by atoms with E-state index in [1.54, 1.807) is 24.3 Å². The van der Waals surface area contributed by atoms with E-state index in [-0.39, 0.29) is 29.9 Å². The molecule has 1 aliphatic rings. The summed E-state index contributed by atoms with van der Waals surface area (Å²) in [6, 6.07) is 8.29. The summed E-state index contributed by atoms with van der Waals surface area (Å²) in [7, 11) is 0. The molecule has 34 heavy (non-hydrogen) atoms. The van der Waals surface area contributed by atoms with Crippen molar-refractivity contribution < 1.29 is 28.7 Å². The minimum Gasteiger partial charge on any atom is -0.478 e. The molecule has 2 heterocycles. The topological polar surface area (TPSA) is 147 Å². The number of nitrogens with one attached hydrogen (secondary N) is 2. The van der Waals surface area contributed by atoms with Crippen LogP contribution < -0.4 is 16.4 Å². The zero-order valence-corrected chi connectivity index (χ0v) is 19.1. The molecule has 1 aliphatic heterocycles. The number of rotatable bonds is 4. The smallest absolute Gasteiger partial charge is 0.335 e. The molecule has 0 saturated carbocycles. The van der Waals surface area contributed by atoms with Crippen LogP contribution in [0.4, 0.5) is 25.4 Å². The van der Waals surface area contributed by atoms with Gasteiger partial charge >= 0.3 is 18.0 Å². The van der Waals surface area contributed by atoms with Gasteiger partial charge in [0.1, 0.15) is 12.2 Å². The maximum absolute atomic E-state index is 14.3. The number of fused-ring (bicyclic) bond motifs is 1. The molecular weight excluding hydrogens is 513 g/mol. The van der Waals surface area contributed by atoms with Crippen LogP contribution in [0.25, 0.3) is 10.9 Å². The normalized spacial score (nSPS) is 17.5. The molecule has 1 fully saturated rings. The van der Waals surface area contributed by atoms with E-state index in [0.717, 1.165) is 4.90 Å². The summed E-state index contributed by atoms with van der Waals surface area (Å²) in [6.45, 7) is -0.308. The van der Waals surface area contributed by atoms with Gasteiger partial charge in [0.15, 0.2) is 0 Å². The third-order valence-electron chi connectivity index (χ3n) is 5.42. The number of alkyl halides is 1. The van der Waals surface area contributed by atoms with Gasteiger partial charge in [0, 0.05) is 28.2 Å². The van der Waals surface area contributed by atoms with Crippen LogP contribution in [0.3, 0.4) is 0 Å². The molecule has 4 amide bonds. The van der Waals surface area contributed by atoms with Gasteiger partial charge < -0.3 is 26.4 Å². The van der Waals surface area contributed by atoms with Gasteiger partial charge in [-0.05, 0) is 24.3 Å². The third-order valence-corrected chi connectivity index (χ3v) is 5.87. The molecule has 5 N–H and O–H groups in total. The van der Waals surface area contributed by atoms with Crippen molar-refractivity contribution in [1.29, 1.82) is 0 Å². The SMILES string of the molecule is NC(=O)n1cc(NC(=O)N2C[C@H](F)C[C@H]2C(=O)Nc2cc(Br)cc(C(=O)O)c2)c2ccccc21. The number of nitrogens with two attached hydrogens (primary N) is 1. The number of aromatic carboxylic acids is 1. The molecular formula is C22H19BrFN5O5. The van der Waals surface area contributed by atoms with Crippen molar-refractivity contribution in [1.82, 2.24) is 9.47 Å². The molecule has 4 rings (SSSR count). The number of carboxylic acid groups (broad SMARTS) is 1. The zero-order chi connectivity index (χ0) is 24.6. The summed E-state index contributed by atoms with van der Waals surface area (Å²) in [6.07, 6.45) is -0.287. The standard InChI is InChI=1S/C22H19BrFN5O5/c23-12-5-11(20(31)32)6-14(7-12)26-19(30)18-8-13(24)9-29(18)22(34)27-16-10-28(21(25)33)17-4-2-1-3-15(16)17/h1-7,10,13,18H,8-9H2,(H2,25,33)(H,26,30)(H,27,34)(H,31,32)/t13-,18+/m1/s1. The molecule has 0 spiro atoms. The predicted octanol–water partition coefficient (Wildman–Crippen LogP) is 3.61. The average Bonchev–Trinajstić information content (AvgIpc) is 3.34. The lowest BCUT2D eigenvalue weighted by Crippen LogP contribution is -2.45. The fourth-order valence-electron chi connectivity index (χ4n) is 3.92. The van der Waals surface area contributed by atoms with E-state index in [2.05, 4.69) is 26.6 Å². The Morgan fingerprint density at radius 2 is 1.85 bits per heavy atom. The second kappa shape index (κ2) is 9.14. The molecule has 2 atom stereocenters. The summed E-state index contributed by atoms with van der Waals surface area (Å²) >= 11 is 3.18. The number of halogens is 2. The van der Waals surface area contributed by atoms with E-state index in [4.69, 9.17) is 5.73 Å². The molecule has 0 aliphatic carbocycles. The molecule has 176 valence electrons. The Morgan fingerprint density at radius 3 is 2.56 bits per heavy atom. The monoisotopic (exact) mass is 531 g/mol. The van der Waals surface area contributed by atoms with E-state index in [9.17, 15) is 28.7 Å². The van der Waals surface area contributed by atoms with Crippen LogP contribution in [0.5, 0.6) is 0 Å². The minimum absolute atomic E-state index is 0.0556. The first-order valence-electron chi connectivity index (χ1n) is 10.1. The predicted molar refractivity (Wildman–Crippen MR) is 126 cm³/mol. The van der Waals surface area contributed by atoms with Crippen molar-refractivity contribution in [3.8, 4) is 0 Å². The highest BCUT2D eigenvalue weighted by Gasteiger charge is 2.40. The molecule has 0 unspecified atom stereocenters. The van der Waals surface area contributed by atoms with Crippen molar-refractivity contribution in [2.75, 3.05) is 17.2 Å². The molecule has 2 aromatic carbocycles. The summed E-state index contributed by atoms with van der Waals surface area (Å²) in [4.78, 5) is 50.0. The number of hydrogen-bond acceptors (Lipinski definition) is 4. The van der Waals surface area contributed by atoms with Gasteiger partial charge in [-0.2, -0.15) is 0 Å². The number of carboxylic acids is 1. The number of hydrogen-bond donors (Lipinski definition) is 4. The second-order valence-electron chi connectivity index (χ2n) is 7.72. The van der Waals surface area contributed by atoms with Gasteiger partial charge in [0.05, 0.1) is 23.3 Å². The van der Waals surface area contributed by atoms with Crippen LogP contribution in [0.1, 0.15) is 16.8 Å². The maximum Gasteiger partial charge on any atom is 0.335 e. The third kappa shape index (κ3) is 4.57. The number of para-hydroxylation sites is 1. The molecule has 0 radical (unpaired) electrons. The number of urea groups is 1. The van der Waals surface area contributed by atoms with Crippen LogP contribution in [0, 0.1) is 0 Å². The highest BCUT2D eigenvalue weighted by atomic mass is 79.9. The summed E-state index contributed by atoms with van der Waals surface area (Å²) in [5.41, 5.74) is 6.28. The number of carbonyl (C=O) groups excluding carboxylic acids is 3. The van der Waals surface area contributed by atoms with Crippen LogP contribution in [0.15, 0.2) is 53.1 Å². The number of aromatic nitrogens is 1. The van der Waals surface area contributed by atoms with Gasteiger partial charge in [-0.25, -0.2) is 18.8 Å². The van der Waals surface area contributed by atoms with E-state index in [1.807, 2.05) is 0 Å². The Hall–Kier alpha value is -3.93. The van der Waals surface area contributed by atoms with Gasteiger partial charge in [-0.15, -0.1) is 0 Å². The van der Waals surface area contributed by atoms with Crippen molar-refractivity contribution in [2.24, 2.45) is 5.73 Å². The van der Waals surface area contributed by atoms with Gasteiger partial charge in [-0.1, -0.05) is 34.1 Å². The number of carbonyl (C=O) groups is 4. The van der Waals surface area contributed by atoms with Crippen molar-refractivity contribution in [3.63, 3.8) is 0 Å². The molecule has 1 saturated heterocycles. The van der Waals surface area contributed by atoms with E-state index < -0.39 is 36.2 Å². The van der Waals surface area contributed by atoms with E-state index in [1.165, 1.54) is 29.0 Å². The number of anilines is 2. The second-order valence-corrected chi connectivity index (χ2v) is 8.64. The number of benzene rings is 2. The number of nitrogens with zero attached hydrogens (tertiary/aromatic N) is 2. The minimum atomic E-state index is -1.43. The van der Waals surface area contributed by atoms with Crippen molar-refractivity contribution >= 4 is 62.1 Å². The van der Waals surface area contributed by atoms with E-state index in [0.29, 0.717) is 15.4 Å². The fourth-order valence-corrected chi connectivity index (χ4v) is 4.41. The summed E-state index contributed by atoms with van der Waals surface area (Å²) < 4.78 is 15.9. The molecule has 3 aromatic rings. The maximum atomic E-state index is 14.3. The number of likely N-dealkylation sites (tertiary alicyclic amines) is 1. The number of amides is 4. The van der Waals surface area contributed by atoms with Crippen molar-refractivity contribution in [3.05, 3.63) is 58.7 Å². The highest BCUT2D eigenvalue weighted by Crippen LogP contribution is 2.28. The van der Waals surface area contributed by atoms with Crippen LogP contribution in [0.2, 0.25) is 0 Å². The Kier molecular flexibility index (Phi) is 6.24. The zero-order valence-electron chi connectivity index (χ0n) is 17.5. The summed E-state index contributed by atoms with van der Waals surface area (Å²) in [5.74, 6) is -1.85. The fraction of sp³-hybridized carbons (Fsp3) is 0.182. The lowest BCUT2D eigenvalue weighted by molar-refractivity contribution is -0.119. The first-order valence-corrected chi connectivity index (χ1v) is 10.9. The average molecular weight is 532 g/mol. The Labute approximate surface area is 200 Å². The lowest BCUT2D eigenvalue weighted by atomic mass is 10.1. The molecule has 1 aromatic heterocycles. The number of primary amides is 1. The van der Waals surface area contributed by atoms with Crippen molar-refractivity contribution in [2.45, 2.75) is 18.6 Å². The van der Waals surface area contributed by atoms with E-state index >= 15 is 0 Å². The highest BCUT2D eigenvalue weighted by molar-refractivity contribution is 9.10. The van der Waals surface area contributed by atoms with Crippen LogP contribution in [-0.4, -0.2) is 57.3 Å². The van der Waals surface area contributed by atoms with Gasteiger partial charge in [0.25, 0.3) is 0 Å². The largest absolute Gasteiger partial charge is 0.478 e. The molecule has 0 bridgehead atoms. The first-order chi connectivity index (χ1) is 16.1. The summed E-state index contributed by atoms with van der Waals surface area (Å²) in [5, 5.41) is 14.9. The molecule has 12 heteroatoms. The first kappa shape index (κ1) is 23.2. The van der Waals surface area contributed by atoms with Crippen LogP contribution >= 0.6 is 15.9 Å². The lowest BCUT2D eigenvalue weighted by Gasteiger charge is -2.24.